The number of rotatable bonds is 5. The number of aryl methyl sites for hydroxylation is 2. The van der Waals surface area contributed by atoms with Crippen LogP contribution in [0.15, 0.2) is 17.5 Å². The summed E-state index contributed by atoms with van der Waals surface area (Å²) in [6.07, 6.45) is 0. The van der Waals surface area contributed by atoms with Crippen LogP contribution in [-0.4, -0.2) is 54.3 Å². The molecular formula is C18H22N4OS2. The van der Waals surface area contributed by atoms with Crippen LogP contribution in [0.4, 0.5) is 5.82 Å². The van der Waals surface area contributed by atoms with Crippen LogP contribution in [-0.2, 0) is 4.74 Å². The Morgan fingerprint density at radius 1 is 1.24 bits per heavy atom. The Morgan fingerprint density at radius 2 is 2.08 bits per heavy atom. The third-order valence-electron chi connectivity index (χ3n) is 4.59. The van der Waals surface area contributed by atoms with Gasteiger partial charge in [-0.2, -0.15) is 0 Å². The summed E-state index contributed by atoms with van der Waals surface area (Å²) < 4.78 is 5.42. The Balaban J connectivity index is 1.61. The maximum Gasteiger partial charge on any atom is 0.173 e. The molecule has 0 atom stereocenters. The van der Waals surface area contributed by atoms with Crippen LogP contribution in [0.2, 0.25) is 0 Å². The van der Waals surface area contributed by atoms with Crippen molar-refractivity contribution >= 4 is 38.7 Å². The number of fused-ring (bicyclic) bond motifs is 1. The van der Waals surface area contributed by atoms with Gasteiger partial charge in [-0.25, -0.2) is 9.97 Å². The van der Waals surface area contributed by atoms with E-state index in [1.54, 1.807) is 22.7 Å². The highest BCUT2D eigenvalue weighted by molar-refractivity contribution is 7.19. The van der Waals surface area contributed by atoms with E-state index in [9.17, 15) is 0 Å². The van der Waals surface area contributed by atoms with Crippen molar-refractivity contribution in [2.24, 2.45) is 0 Å². The maximum absolute atomic E-state index is 5.42. The van der Waals surface area contributed by atoms with E-state index in [1.807, 2.05) is 6.07 Å². The first-order valence-electron chi connectivity index (χ1n) is 8.58. The predicted molar refractivity (Wildman–Crippen MR) is 106 cm³/mol. The van der Waals surface area contributed by atoms with Crippen LogP contribution in [0.3, 0.4) is 0 Å². The normalized spacial score (nSPS) is 15.8. The molecular weight excluding hydrogens is 352 g/mol. The summed E-state index contributed by atoms with van der Waals surface area (Å²) in [4.78, 5) is 15.6. The van der Waals surface area contributed by atoms with E-state index in [4.69, 9.17) is 14.7 Å². The highest BCUT2D eigenvalue weighted by Crippen LogP contribution is 2.35. The number of nitrogens with one attached hydrogen (secondary N) is 1. The minimum Gasteiger partial charge on any atom is -0.379 e. The molecule has 3 aromatic rings. The summed E-state index contributed by atoms with van der Waals surface area (Å²) in [5, 5.41) is 6.81. The van der Waals surface area contributed by atoms with Gasteiger partial charge in [0.25, 0.3) is 0 Å². The van der Waals surface area contributed by atoms with Crippen molar-refractivity contribution < 1.29 is 4.74 Å². The molecule has 0 saturated carbocycles. The lowest BCUT2D eigenvalue weighted by atomic mass is 10.2. The molecule has 0 radical (unpaired) electrons. The van der Waals surface area contributed by atoms with E-state index in [1.165, 1.54) is 15.8 Å². The smallest absolute Gasteiger partial charge is 0.173 e. The molecule has 7 heteroatoms. The Bertz CT molecular complexity index is 854. The fourth-order valence-electron chi connectivity index (χ4n) is 3.05. The van der Waals surface area contributed by atoms with Crippen LogP contribution >= 0.6 is 22.7 Å². The number of aromatic nitrogens is 2. The predicted octanol–water partition coefficient (Wildman–Crippen LogP) is 3.78. The average molecular weight is 375 g/mol. The first-order chi connectivity index (χ1) is 12.2. The van der Waals surface area contributed by atoms with E-state index < -0.39 is 0 Å². The van der Waals surface area contributed by atoms with Crippen molar-refractivity contribution in [3.8, 4) is 10.7 Å². The van der Waals surface area contributed by atoms with Gasteiger partial charge in [0.05, 0.1) is 23.5 Å². The highest BCUT2D eigenvalue weighted by atomic mass is 32.1. The molecule has 1 aliphatic heterocycles. The summed E-state index contributed by atoms with van der Waals surface area (Å²) in [6.45, 7) is 9.90. The highest BCUT2D eigenvalue weighted by Gasteiger charge is 2.16. The van der Waals surface area contributed by atoms with Gasteiger partial charge in [0.15, 0.2) is 5.82 Å². The van der Waals surface area contributed by atoms with E-state index >= 15 is 0 Å². The van der Waals surface area contributed by atoms with Crippen molar-refractivity contribution in [3.05, 3.63) is 28.0 Å². The van der Waals surface area contributed by atoms with Gasteiger partial charge in [-0.3, -0.25) is 4.90 Å². The molecule has 1 saturated heterocycles. The first-order valence-corrected chi connectivity index (χ1v) is 10.3. The third-order valence-corrected chi connectivity index (χ3v) is 6.56. The van der Waals surface area contributed by atoms with E-state index in [0.717, 1.165) is 60.7 Å². The van der Waals surface area contributed by atoms with Crippen LogP contribution < -0.4 is 5.32 Å². The van der Waals surface area contributed by atoms with Crippen LogP contribution in [0.25, 0.3) is 20.9 Å². The second-order valence-electron chi connectivity index (χ2n) is 6.22. The van der Waals surface area contributed by atoms with Crippen molar-refractivity contribution in [2.75, 3.05) is 44.7 Å². The zero-order chi connectivity index (χ0) is 17.2. The molecule has 1 N–H and O–H groups in total. The summed E-state index contributed by atoms with van der Waals surface area (Å²) in [5.74, 6) is 1.78. The number of nitrogens with zero attached hydrogens (tertiary/aromatic N) is 3. The molecule has 0 aliphatic carbocycles. The zero-order valence-electron chi connectivity index (χ0n) is 14.5. The molecule has 25 heavy (non-hydrogen) atoms. The molecule has 4 heterocycles. The molecule has 0 unspecified atom stereocenters. The Hall–Kier alpha value is -1.54. The molecule has 0 aromatic carbocycles. The number of ether oxygens (including phenoxy) is 1. The minimum absolute atomic E-state index is 0.817. The summed E-state index contributed by atoms with van der Waals surface area (Å²) >= 11 is 3.43. The van der Waals surface area contributed by atoms with Gasteiger partial charge in [-0.15, -0.1) is 22.7 Å². The van der Waals surface area contributed by atoms with Crippen LogP contribution in [0, 0.1) is 13.8 Å². The fraction of sp³-hybridized carbons (Fsp3) is 0.444. The average Bonchev–Trinajstić information content (AvgIpc) is 3.25. The Kier molecular flexibility index (Phi) is 4.98. The molecule has 0 bridgehead atoms. The summed E-state index contributed by atoms with van der Waals surface area (Å²) in [5.41, 5.74) is 1.28. The number of hydrogen-bond donors (Lipinski definition) is 1. The second kappa shape index (κ2) is 7.37. The second-order valence-corrected chi connectivity index (χ2v) is 8.37. The van der Waals surface area contributed by atoms with Gasteiger partial charge >= 0.3 is 0 Å². The molecule has 132 valence electrons. The quantitative estimate of drug-likeness (QED) is 0.736. The molecule has 0 amide bonds. The summed E-state index contributed by atoms with van der Waals surface area (Å²) in [6, 6.07) is 4.13. The first kappa shape index (κ1) is 16.9. The van der Waals surface area contributed by atoms with Gasteiger partial charge in [-0.05, 0) is 30.9 Å². The third kappa shape index (κ3) is 3.55. The maximum atomic E-state index is 5.42. The van der Waals surface area contributed by atoms with E-state index in [2.05, 4.69) is 35.5 Å². The molecule has 3 aromatic heterocycles. The van der Waals surface area contributed by atoms with Crippen molar-refractivity contribution in [1.29, 1.82) is 0 Å². The number of morpholine rings is 1. The fourth-order valence-corrected chi connectivity index (χ4v) is 4.74. The van der Waals surface area contributed by atoms with Gasteiger partial charge in [0.1, 0.15) is 10.6 Å². The summed E-state index contributed by atoms with van der Waals surface area (Å²) in [7, 11) is 0. The largest absolute Gasteiger partial charge is 0.379 e. The van der Waals surface area contributed by atoms with E-state index in [-0.39, 0.29) is 0 Å². The van der Waals surface area contributed by atoms with Gasteiger partial charge in [0, 0.05) is 31.1 Å². The molecule has 1 aliphatic rings. The van der Waals surface area contributed by atoms with Gasteiger partial charge < -0.3 is 10.1 Å². The topological polar surface area (TPSA) is 50.3 Å². The Labute approximate surface area is 155 Å². The van der Waals surface area contributed by atoms with Crippen LogP contribution in [0.1, 0.15) is 10.4 Å². The Morgan fingerprint density at radius 3 is 2.84 bits per heavy atom. The SMILES string of the molecule is Cc1sc2nc(-c3cccs3)nc(NCCN3CCOCC3)c2c1C. The number of hydrogen-bond acceptors (Lipinski definition) is 7. The van der Waals surface area contributed by atoms with Crippen molar-refractivity contribution in [3.63, 3.8) is 0 Å². The minimum atomic E-state index is 0.817. The molecule has 4 rings (SSSR count). The molecule has 1 fully saturated rings. The molecule has 5 nitrogen and oxygen atoms in total. The van der Waals surface area contributed by atoms with Crippen LogP contribution in [0.5, 0.6) is 0 Å². The molecule has 0 spiro atoms. The van der Waals surface area contributed by atoms with E-state index in [0.29, 0.717) is 0 Å². The lowest BCUT2D eigenvalue weighted by Gasteiger charge is -2.26. The number of thiophene rings is 2. The van der Waals surface area contributed by atoms with Gasteiger partial charge in [-0.1, -0.05) is 6.07 Å². The zero-order valence-corrected chi connectivity index (χ0v) is 16.2. The van der Waals surface area contributed by atoms with Crippen molar-refractivity contribution in [2.45, 2.75) is 13.8 Å². The lowest BCUT2D eigenvalue weighted by Crippen LogP contribution is -2.39. The van der Waals surface area contributed by atoms with Gasteiger partial charge in [0.2, 0.25) is 0 Å². The lowest BCUT2D eigenvalue weighted by molar-refractivity contribution is 0.0398. The number of anilines is 1. The standard InChI is InChI=1S/C18H22N4OS2/c1-12-13(2)25-18-15(12)17(19-5-6-22-7-9-23-10-8-22)20-16(21-18)14-4-3-11-24-14/h3-4,11H,5-10H2,1-2H3,(H,19,20,21). The van der Waals surface area contributed by atoms with Crippen molar-refractivity contribution in [1.82, 2.24) is 14.9 Å². The monoisotopic (exact) mass is 374 g/mol.